The first-order chi connectivity index (χ1) is 17.6. The summed E-state index contributed by atoms with van der Waals surface area (Å²) in [6.07, 6.45) is -5.03. The van der Waals surface area contributed by atoms with Gasteiger partial charge < -0.3 is 20.1 Å². The average Bonchev–Trinajstić information content (AvgIpc) is 3.26. The lowest BCUT2D eigenvalue weighted by Gasteiger charge is -2.52. The lowest BCUT2D eigenvalue weighted by atomic mass is 9.82. The number of anilines is 2. The number of benzene rings is 2. The van der Waals surface area contributed by atoms with Gasteiger partial charge in [0.2, 0.25) is 5.54 Å². The molecule has 2 aliphatic heterocycles. The fraction of sp³-hybridized carbons (Fsp3) is 0.348. The van der Waals surface area contributed by atoms with E-state index in [9.17, 15) is 32.3 Å². The van der Waals surface area contributed by atoms with Crippen LogP contribution in [0.15, 0.2) is 42.5 Å². The van der Waals surface area contributed by atoms with Crippen LogP contribution >= 0.6 is 11.3 Å². The number of hydrogen-bond acceptors (Lipinski definition) is 7. The standard InChI is InChI=1S/C23H21F4N5O4S/c24-13-2-4-14(5-3-13)28-20(35)30-21-29-15-6-1-12(9-18(15)37-21)22(23(25,26)27)19(34)32-7-8-36-11-17(32)16(10-33)31-22/h1-6,9,16-17,31,33H,7-8,10-11H2,(H2,28,29,30,35)/t16-,17+,22?/m0/s1. The number of carbonyl (C=O) groups is 2. The van der Waals surface area contributed by atoms with Gasteiger partial charge in [-0.15, -0.1) is 0 Å². The van der Waals surface area contributed by atoms with Gasteiger partial charge in [-0.3, -0.25) is 15.4 Å². The maximum absolute atomic E-state index is 14.7. The molecule has 9 nitrogen and oxygen atoms in total. The van der Waals surface area contributed by atoms with Crippen LogP contribution in [0.2, 0.25) is 0 Å². The van der Waals surface area contributed by atoms with E-state index in [1.807, 2.05) is 0 Å². The molecule has 37 heavy (non-hydrogen) atoms. The first-order valence-corrected chi connectivity index (χ1v) is 12.0. The van der Waals surface area contributed by atoms with Gasteiger partial charge in [-0.25, -0.2) is 14.2 Å². The summed E-state index contributed by atoms with van der Waals surface area (Å²) in [5.41, 5.74) is -2.79. The second kappa shape index (κ2) is 9.52. The van der Waals surface area contributed by atoms with Crippen molar-refractivity contribution in [2.24, 2.45) is 0 Å². The molecule has 1 unspecified atom stereocenters. The minimum Gasteiger partial charge on any atom is -0.395 e. The van der Waals surface area contributed by atoms with E-state index in [0.717, 1.165) is 22.3 Å². The highest BCUT2D eigenvalue weighted by Gasteiger charge is 2.67. The third kappa shape index (κ3) is 4.50. The molecule has 0 spiro atoms. The summed E-state index contributed by atoms with van der Waals surface area (Å²) in [6.45, 7) is -0.548. The molecule has 196 valence electrons. The van der Waals surface area contributed by atoms with E-state index >= 15 is 0 Å². The van der Waals surface area contributed by atoms with E-state index in [4.69, 9.17) is 4.74 Å². The molecule has 0 radical (unpaired) electrons. The average molecular weight is 540 g/mol. The van der Waals surface area contributed by atoms with Gasteiger partial charge in [-0.1, -0.05) is 17.4 Å². The van der Waals surface area contributed by atoms with Gasteiger partial charge in [0.1, 0.15) is 5.82 Å². The number of fused-ring (bicyclic) bond motifs is 2. The van der Waals surface area contributed by atoms with Crippen molar-refractivity contribution in [3.63, 3.8) is 0 Å². The highest BCUT2D eigenvalue weighted by Crippen LogP contribution is 2.45. The largest absolute Gasteiger partial charge is 0.419 e. The molecule has 0 saturated carbocycles. The monoisotopic (exact) mass is 539 g/mol. The number of thiazole rings is 1. The number of halogens is 4. The Kier molecular flexibility index (Phi) is 6.52. The molecule has 0 aliphatic carbocycles. The number of urea groups is 1. The summed E-state index contributed by atoms with van der Waals surface area (Å²) < 4.78 is 62.7. The van der Waals surface area contributed by atoms with E-state index in [0.29, 0.717) is 15.9 Å². The highest BCUT2D eigenvalue weighted by molar-refractivity contribution is 7.22. The zero-order valence-electron chi connectivity index (χ0n) is 19.0. The fourth-order valence-corrected chi connectivity index (χ4v) is 5.50. The van der Waals surface area contributed by atoms with Crippen molar-refractivity contribution in [2.75, 3.05) is 37.0 Å². The van der Waals surface area contributed by atoms with Crippen molar-refractivity contribution in [1.82, 2.24) is 15.2 Å². The number of ether oxygens (including phenoxy) is 1. The number of aliphatic hydroxyl groups excluding tert-OH is 1. The van der Waals surface area contributed by atoms with Crippen LogP contribution < -0.4 is 16.0 Å². The van der Waals surface area contributed by atoms with Gasteiger partial charge in [0.25, 0.3) is 5.91 Å². The number of nitrogens with one attached hydrogen (secondary N) is 3. The van der Waals surface area contributed by atoms with Crippen molar-refractivity contribution in [1.29, 1.82) is 0 Å². The van der Waals surface area contributed by atoms with Crippen LogP contribution in [0.25, 0.3) is 10.2 Å². The molecule has 2 saturated heterocycles. The quantitative estimate of drug-likeness (QED) is 0.379. The van der Waals surface area contributed by atoms with Crippen molar-refractivity contribution in [2.45, 2.75) is 23.8 Å². The molecule has 1 aromatic heterocycles. The van der Waals surface area contributed by atoms with E-state index in [-0.39, 0.29) is 30.5 Å². The van der Waals surface area contributed by atoms with Crippen molar-refractivity contribution in [3.05, 3.63) is 53.8 Å². The molecule has 2 fully saturated rings. The van der Waals surface area contributed by atoms with Gasteiger partial charge in [0, 0.05) is 12.2 Å². The maximum atomic E-state index is 14.7. The second-order valence-corrected chi connectivity index (χ2v) is 9.64. The zero-order chi connectivity index (χ0) is 26.4. The van der Waals surface area contributed by atoms with E-state index < -0.39 is 48.2 Å². The number of hydrogen-bond donors (Lipinski definition) is 4. The molecular formula is C23H21F4N5O4S. The molecule has 0 bridgehead atoms. The fourth-order valence-electron chi connectivity index (χ4n) is 4.60. The van der Waals surface area contributed by atoms with Crippen molar-refractivity contribution < 1.29 is 37.0 Å². The third-order valence-electron chi connectivity index (χ3n) is 6.38. The molecule has 2 aliphatic rings. The minimum atomic E-state index is -5.03. The molecule has 3 heterocycles. The number of aromatic nitrogens is 1. The van der Waals surface area contributed by atoms with E-state index in [2.05, 4.69) is 20.9 Å². The number of rotatable bonds is 4. The molecule has 14 heteroatoms. The Bertz CT molecular complexity index is 1330. The number of amides is 3. The predicted molar refractivity (Wildman–Crippen MR) is 127 cm³/mol. The summed E-state index contributed by atoms with van der Waals surface area (Å²) >= 11 is 0.924. The number of aliphatic hydroxyl groups is 1. The van der Waals surface area contributed by atoms with Gasteiger partial charge in [-0.2, -0.15) is 13.2 Å². The second-order valence-electron chi connectivity index (χ2n) is 8.61. The third-order valence-corrected chi connectivity index (χ3v) is 7.31. The minimum absolute atomic E-state index is 0.0147. The van der Waals surface area contributed by atoms with Gasteiger partial charge in [0.05, 0.1) is 42.1 Å². The summed E-state index contributed by atoms with van der Waals surface area (Å²) in [4.78, 5) is 31.0. The molecule has 4 N–H and O–H groups in total. The number of morpholine rings is 1. The smallest absolute Gasteiger partial charge is 0.395 e. The Morgan fingerprint density at radius 1 is 1.24 bits per heavy atom. The maximum Gasteiger partial charge on any atom is 0.419 e. The molecule has 3 aromatic rings. The van der Waals surface area contributed by atoms with E-state index in [1.165, 1.54) is 36.4 Å². The molecule has 3 atom stereocenters. The Labute approximate surface area is 211 Å². The first kappa shape index (κ1) is 25.3. The van der Waals surface area contributed by atoms with Crippen molar-refractivity contribution in [3.8, 4) is 0 Å². The number of nitrogens with zero attached hydrogens (tertiary/aromatic N) is 2. The zero-order valence-corrected chi connectivity index (χ0v) is 19.8. The summed E-state index contributed by atoms with van der Waals surface area (Å²) in [6, 6.07) is 6.32. The Morgan fingerprint density at radius 2 is 2.00 bits per heavy atom. The lowest BCUT2D eigenvalue weighted by molar-refractivity contribution is -0.227. The summed E-state index contributed by atoms with van der Waals surface area (Å²) in [5, 5.41) is 17.3. The SMILES string of the molecule is O=C(Nc1ccc(F)cc1)Nc1nc2ccc(C3(C(F)(F)F)N[C@@H](CO)[C@H]4COCCN4C3=O)cc2s1. The normalized spacial score (nSPS) is 24.1. The Morgan fingerprint density at radius 3 is 2.70 bits per heavy atom. The molecular weight excluding hydrogens is 518 g/mol. The van der Waals surface area contributed by atoms with Crippen LogP contribution in [0, 0.1) is 5.82 Å². The van der Waals surface area contributed by atoms with Gasteiger partial charge in [0.15, 0.2) is 5.13 Å². The van der Waals surface area contributed by atoms with Crippen LogP contribution in [0.1, 0.15) is 5.56 Å². The van der Waals surface area contributed by atoms with Crippen LogP contribution in [0.3, 0.4) is 0 Å². The lowest BCUT2D eigenvalue weighted by Crippen LogP contribution is -2.77. The molecule has 2 aromatic carbocycles. The molecule has 5 rings (SSSR count). The Hall–Kier alpha value is -3.33. The number of piperazine rings is 1. The predicted octanol–water partition coefficient (Wildman–Crippen LogP) is 3.03. The van der Waals surface area contributed by atoms with Crippen LogP contribution in [0.5, 0.6) is 0 Å². The Balaban J connectivity index is 1.46. The first-order valence-electron chi connectivity index (χ1n) is 11.2. The molecule has 3 amide bonds. The van der Waals surface area contributed by atoms with Crippen LogP contribution in [-0.4, -0.2) is 71.6 Å². The van der Waals surface area contributed by atoms with Gasteiger partial charge >= 0.3 is 12.2 Å². The van der Waals surface area contributed by atoms with Crippen LogP contribution in [-0.2, 0) is 15.1 Å². The van der Waals surface area contributed by atoms with E-state index in [1.54, 1.807) is 0 Å². The van der Waals surface area contributed by atoms with Gasteiger partial charge in [-0.05, 0) is 42.0 Å². The summed E-state index contributed by atoms with van der Waals surface area (Å²) in [5.74, 6) is -1.64. The number of carbonyl (C=O) groups excluding carboxylic acids is 2. The topological polar surface area (TPSA) is 116 Å². The highest BCUT2D eigenvalue weighted by atomic mass is 32.1. The number of alkyl halides is 3. The van der Waals surface area contributed by atoms with Crippen molar-refractivity contribution >= 4 is 44.3 Å². The summed E-state index contributed by atoms with van der Waals surface area (Å²) in [7, 11) is 0. The van der Waals surface area contributed by atoms with Crippen LogP contribution in [0.4, 0.5) is 33.2 Å².